The summed E-state index contributed by atoms with van der Waals surface area (Å²) < 4.78 is 15.7. The zero-order chi connectivity index (χ0) is 21.4. The van der Waals surface area contributed by atoms with E-state index in [2.05, 4.69) is 28.5 Å². The Labute approximate surface area is 174 Å². The molecule has 1 atom stereocenters. The highest BCUT2D eigenvalue weighted by Crippen LogP contribution is 2.36. The molecule has 1 aliphatic heterocycles. The fourth-order valence-corrected chi connectivity index (χ4v) is 3.52. The van der Waals surface area contributed by atoms with Crippen molar-refractivity contribution in [2.75, 3.05) is 6.61 Å². The van der Waals surface area contributed by atoms with Crippen molar-refractivity contribution in [3.05, 3.63) is 30.7 Å². The summed E-state index contributed by atoms with van der Waals surface area (Å²) in [7, 11) is 0. The number of nitrogens with zero attached hydrogens (tertiary/aromatic N) is 5. The van der Waals surface area contributed by atoms with Crippen molar-refractivity contribution in [2.24, 2.45) is 11.7 Å². The van der Waals surface area contributed by atoms with E-state index >= 15 is 0 Å². The van der Waals surface area contributed by atoms with Crippen LogP contribution in [0.3, 0.4) is 0 Å². The van der Waals surface area contributed by atoms with Crippen LogP contribution in [0.4, 0.5) is 0 Å². The van der Waals surface area contributed by atoms with Crippen LogP contribution in [-0.2, 0) is 11.3 Å². The minimum absolute atomic E-state index is 0.0398. The maximum Gasteiger partial charge on any atom is 0.258 e. The topological polar surface area (TPSA) is 110 Å². The predicted molar refractivity (Wildman–Crippen MR) is 111 cm³/mol. The third-order valence-electron chi connectivity index (χ3n) is 5.00. The van der Waals surface area contributed by atoms with Crippen molar-refractivity contribution in [1.29, 1.82) is 0 Å². The van der Waals surface area contributed by atoms with E-state index in [1.807, 2.05) is 30.8 Å². The number of imidazole rings is 1. The molecule has 0 spiro atoms. The molecule has 0 radical (unpaired) electrons. The first kappa shape index (κ1) is 19.9. The van der Waals surface area contributed by atoms with E-state index in [1.54, 1.807) is 18.5 Å². The second kappa shape index (κ2) is 7.81. The summed E-state index contributed by atoms with van der Waals surface area (Å²) >= 11 is 0. The molecule has 9 heteroatoms. The van der Waals surface area contributed by atoms with Crippen LogP contribution in [0.5, 0.6) is 11.5 Å². The van der Waals surface area contributed by atoms with E-state index in [1.165, 1.54) is 0 Å². The second-order valence-corrected chi connectivity index (χ2v) is 7.96. The summed E-state index contributed by atoms with van der Waals surface area (Å²) in [5.74, 6) is 2.18. The SMILES string of the molecule is CC(C)C(Oc1ccc2c(c1)OCCn1cc(-c3ncnn3C(C)C)nc1-2)C(N)=O. The first-order valence-corrected chi connectivity index (χ1v) is 10.1. The van der Waals surface area contributed by atoms with Gasteiger partial charge < -0.3 is 19.8 Å². The van der Waals surface area contributed by atoms with Crippen molar-refractivity contribution in [3.63, 3.8) is 0 Å². The summed E-state index contributed by atoms with van der Waals surface area (Å²) in [6.07, 6.45) is 2.82. The van der Waals surface area contributed by atoms with Gasteiger partial charge in [-0.05, 0) is 31.9 Å². The van der Waals surface area contributed by atoms with E-state index < -0.39 is 12.0 Å². The number of fused-ring (bicyclic) bond motifs is 3. The minimum atomic E-state index is -0.704. The molecular formula is C21H26N6O3. The van der Waals surface area contributed by atoms with Crippen molar-refractivity contribution >= 4 is 5.91 Å². The zero-order valence-corrected chi connectivity index (χ0v) is 17.6. The number of hydrogen-bond acceptors (Lipinski definition) is 6. The Morgan fingerprint density at radius 3 is 2.73 bits per heavy atom. The largest absolute Gasteiger partial charge is 0.491 e. The average Bonchev–Trinajstić information content (AvgIpc) is 3.30. The van der Waals surface area contributed by atoms with E-state index in [4.69, 9.17) is 20.2 Å². The van der Waals surface area contributed by atoms with Crippen molar-refractivity contribution in [3.8, 4) is 34.4 Å². The number of nitrogens with two attached hydrogens (primary N) is 1. The van der Waals surface area contributed by atoms with E-state index in [9.17, 15) is 4.79 Å². The van der Waals surface area contributed by atoms with Crippen LogP contribution in [0.15, 0.2) is 30.7 Å². The molecule has 3 aromatic rings. The maximum absolute atomic E-state index is 11.7. The highest BCUT2D eigenvalue weighted by Gasteiger charge is 2.24. The van der Waals surface area contributed by atoms with Gasteiger partial charge in [0, 0.05) is 18.3 Å². The van der Waals surface area contributed by atoms with Gasteiger partial charge in [0.15, 0.2) is 11.9 Å². The van der Waals surface area contributed by atoms with Gasteiger partial charge in [-0.15, -0.1) is 0 Å². The number of carbonyl (C=O) groups is 1. The lowest BCUT2D eigenvalue weighted by atomic mass is 10.1. The molecule has 0 saturated carbocycles. The number of ether oxygens (including phenoxy) is 2. The van der Waals surface area contributed by atoms with Gasteiger partial charge in [0.05, 0.1) is 12.1 Å². The normalized spacial score (nSPS) is 14.1. The molecule has 1 aliphatic rings. The van der Waals surface area contributed by atoms with Gasteiger partial charge >= 0.3 is 0 Å². The fourth-order valence-electron chi connectivity index (χ4n) is 3.52. The minimum Gasteiger partial charge on any atom is -0.491 e. The Morgan fingerprint density at radius 1 is 1.23 bits per heavy atom. The lowest BCUT2D eigenvalue weighted by molar-refractivity contribution is -0.126. The summed E-state index contributed by atoms with van der Waals surface area (Å²) in [5.41, 5.74) is 7.08. The van der Waals surface area contributed by atoms with E-state index in [0.717, 1.165) is 22.9 Å². The highest BCUT2D eigenvalue weighted by atomic mass is 16.5. The number of hydrogen-bond donors (Lipinski definition) is 1. The van der Waals surface area contributed by atoms with Gasteiger partial charge in [-0.25, -0.2) is 14.6 Å². The zero-order valence-electron chi connectivity index (χ0n) is 17.6. The lowest BCUT2D eigenvalue weighted by Crippen LogP contribution is -2.37. The number of primary amides is 1. The number of carbonyl (C=O) groups excluding carboxylic acids is 1. The summed E-state index contributed by atoms with van der Waals surface area (Å²) in [6, 6.07) is 5.66. The van der Waals surface area contributed by atoms with E-state index in [-0.39, 0.29) is 12.0 Å². The van der Waals surface area contributed by atoms with Crippen molar-refractivity contribution in [2.45, 2.75) is 46.4 Å². The molecule has 158 valence electrons. The summed E-state index contributed by atoms with van der Waals surface area (Å²) in [5, 5.41) is 4.31. The van der Waals surface area contributed by atoms with Gasteiger partial charge in [-0.2, -0.15) is 5.10 Å². The van der Waals surface area contributed by atoms with Crippen LogP contribution in [0.25, 0.3) is 22.9 Å². The van der Waals surface area contributed by atoms with Gasteiger partial charge in [0.2, 0.25) is 0 Å². The van der Waals surface area contributed by atoms with Gasteiger partial charge in [-0.3, -0.25) is 4.79 Å². The van der Waals surface area contributed by atoms with Crippen LogP contribution in [-0.4, -0.2) is 42.9 Å². The third-order valence-corrected chi connectivity index (χ3v) is 5.00. The second-order valence-electron chi connectivity index (χ2n) is 7.96. The number of amides is 1. The molecular weight excluding hydrogens is 384 g/mol. The molecule has 9 nitrogen and oxygen atoms in total. The Bertz CT molecular complexity index is 1070. The predicted octanol–water partition coefficient (Wildman–Crippen LogP) is 2.67. The molecule has 0 bridgehead atoms. The highest BCUT2D eigenvalue weighted by molar-refractivity contribution is 5.79. The quantitative estimate of drug-likeness (QED) is 0.669. The third kappa shape index (κ3) is 3.62. The van der Waals surface area contributed by atoms with Crippen LogP contribution < -0.4 is 15.2 Å². The van der Waals surface area contributed by atoms with E-state index in [0.29, 0.717) is 24.7 Å². The molecule has 1 amide bonds. The van der Waals surface area contributed by atoms with Gasteiger partial charge in [-0.1, -0.05) is 13.8 Å². The molecule has 1 unspecified atom stereocenters. The Balaban J connectivity index is 1.70. The van der Waals surface area contributed by atoms with Crippen LogP contribution in [0.1, 0.15) is 33.7 Å². The van der Waals surface area contributed by atoms with Crippen LogP contribution in [0.2, 0.25) is 0 Å². The number of benzene rings is 1. The number of aromatic nitrogens is 5. The van der Waals surface area contributed by atoms with Gasteiger partial charge in [0.1, 0.15) is 36.0 Å². The number of rotatable bonds is 6. The van der Waals surface area contributed by atoms with Crippen molar-refractivity contribution < 1.29 is 14.3 Å². The monoisotopic (exact) mass is 410 g/mol. The average molecular weight is 410 g/mol. The summed E-state index contributed by atoms with van der Waals surface area (Å²) in [6.45, 7) is 9.03. The molecule has 2 aromatic heterocycles. The van der Waals surface area contributed by atoms with Crippen LogP contribution in [0, 0.1) is 5.92 Å². The molecule has 1 aromatic carbocycles. The molecule has 0 saturated heterocycles. The molecule has 4 rings (SSSR count). The first-order valence-electron chi connectivity index (χ1n) is 10.1. The summed E-state index contributed by atoms with van der Waals surface area (Å²) in [4.78, 5) is 20.9. The maximum atomic E-state index is 11.7. The molecule has 2 N–H and O–H groups in total. The molecule has 0 fully saturated rings. The Morgan fingerprint density at radius 2 is 2.03 bits per heavy atom. The Kier molecular flexibility index (Phi) is 5.19. The first-order chi connectivity index (χ1) is 14.3. The lowest BCUT2D eigenvalue weighted by Gasteiger charge is -2.20. The fraction of sp³-hybridized carbons (Fsp3) is 0.429. The molecule has 3 heterocycles. The van der Waals surface area contributed by atoms with Crippen molar-refractivity contribution in [1.82, 2.24) is 24.3 Å². The molecule has 0 aliphatic carbocycles. The van der Waals surface area contributed by atoms with Gasteiger partial charge in [0.25, 0.3) is 5.91 Å². The molecule has 30 heavy (non-hydrogen) atoms. The smallest absolute Gasteiger partial charge is 0.258 e. The Hall–Kier alpha value is -3.36. The standard InChI is InChI=1S/C21H26N6O3/c1-12(2)18(19(22)28)30-14-5-6-15-17(9-14)29-8-7-26-10-16(25-20(15)26)21-23-11-24-27(21)13(3)4/h5-6,9-13,18H,7-8H2,1-4H3,(H2,22,28). The van der Waals surface area contributed by atoms with Crippen LogP contribution >= 0.6 is 0 Å².